The summed E-state index contributed by atoms with van der Waals surface area (Å²) in [5.41, 5.74) is 2.18. The summed E-state index contributed by atoms with van der Waals surface area (Å²) in [6.07, 6.45) is 3.22. The molecule has 4 rings (SSSR count). The zero-order valence-electron chi connectivity index (χ0n) is 13.8. The molecule has 8 heteroatoms. The van der Waals surface area contributed by atoms with Gasteiger partial charge in [-0.25, -0.2) is 9.97 Å². The maximum Gasteiger partial charge on any atom is 0.254 e. The quantitative estimate of drug-likeness (QED) is 0.780. The number of aromatic nitrogens is 4. The van der Waals surface area contributed by atoms with Crippen LogP contribution < -0.4 is 5.32 Å². The van der Waals surface area contributed by atoms with Crippen molar-refractivity contribution in [3.05, 3.63) is 42.4 Å². The summed E-state index contributed by atoms with van der Waals surface area (Å²) in [5.74, 6) is 0.676. The van der Waals surface area contributed by atoms with E-state index in [-0.39, 0.29) is 5.91 Å². The van der Waals surface area contributed by atoms with Crippen molar-refractivity contribution in [2.24, 2.45) is 7.05 Å². The van der Waals surface area contributed by atoms with Crippen molar-refractivity contribution in [3.8, 4) is 0 Å². The number of hydrogen-bond donors (Lipinski definition) is 1. The number of rotatable bonds is 3. The fourth-order valence-electron chi connectivity index (χ4n) is 2.88. The number of ether oxygens (including phenoxy) is 1. The van der Waals surface area contributed by atoms with Crippen molar-refractivity contribution in [1.82, 2.24) is 24.6 Å². The Morgan fingerprint density at radius 3 is 2.92 bits per heavy atom. The van der Waals surface area contributed by atoms with Crippen LogP contribution >= 0.6 is 0 Å². The van der Waals surface area contributed by atoms with Crippen LogP contribution in [0.5, 0.6) is 0 Å². The van der Waals surface area contributed by atoms with Gasteiger partial charge in [0.15, 0.2) is 5.65 Å². The van der Waals surface area contributed by atoms with Crippen LogP contribution in [0.15, 0.2) is 36.8 Å². The van der Waals surface area contributed by atoms with Crippen LogP contribution in [0.2, 0.25) is 0 Å². The van der Waals surface area contributed by atoms with Crippen molar-refractivity contribution in [2.75, 3.05) is 31.6 Å². The molecular formula is C17H18N6O2. The van der Waals surface area contributed by atoms with Gasteiger partial charge in [0.25, 0.3) is 5.91 Å². The molecule has 0 bridgehead atoms. The second-order valence-corrected chi connectivity index (χ2v) is 5.84. The Kier molecular flexibility index (Phi) is 4.02. The van der Waals surface area contributed by atoms with E-state index in [1.165, 1.54) is 6.33 Å². The number of morpholine rings is 1. The topological polar surface area (TPSA) is 85.2 Å². The molecule has 1 fully saturated rings. The van der Waals surface area contributed by atoms with Gasteiger partial charge in [-0.3, -0.25) is 9.48 Å². The van der Waals surface area contributed by atoms with Crippen molar-refractivity contribution in [1.29, 1.82) is 0 Å². The van der Waals surface area contributed by atoms with Crippen LogP contribution in [0.3, 0.4) is 0 Å². The SMILES string of the molecule is Cn1ncc2c(Nc3cccc(C(=O)N4CCOCC4)c3)ncnc21. The molecule has 1 amide bonds. The average molecular weight is 338 g/mol. The van der Waals surface area contributed by atoms with Gasteiger partial charge in [0, 0.05) is 31.4 Å². The second kappa shape index (κ2) is 6.48. The Bertz CT molecular complexity index is 916. The normalized spacial score (nSPS) is 14.7. The molecule has 0 atom stereocenters. The first kappa shape index (κ1) is 15.5. The Balaban J connectivity index is 1.60. The number of benzene rings is 1. The van der Waals surface area contributed by atoms with Gasteiger partial charge in [-0.05, 0) is 18.2 Å². The molecule has 2 aromatic heterocycles. The third kappa shape index (κ3) is 3.03. The number of fused-ring (bicyclic) bond motifs is 1. The molecule has 0 saturated carbocycles. The molecule has 3 aromatic rings. The van der Waals surface area contributed by atoms with E-state index in [9.17, 15) is 4.79 Å². The van der Waals surface area contributed by atoms with E-state index in [2.05, 4.69) is 20.4 Å². The lowest BCUT2D eigenvalue weighted by atomic mass is 10.1. The third-order valence-electron chi connectivity index (χ3n) is 4.20. The van der Waals surface area contributed by atoms with E-state index in [0.29, 0.717) is 37.7 Å². The minimum atomic E-state index is 0.0150. The summed E-state index contributed by atoms with van der Waals surface area (Å²) in [7, 11) is 1.83. The van der Waals surface area contributed by atoms with Gasteiger partial charge < -0.3 is 15.0 Å². The van der Waals surface area contributed by atoms with Gasteiger partial charge in [-0.1, -0.05) is 6.07 Å². The fourth-order valence-corrected chi connectivity index (χ4v) is 2.88. The largest absolute Gasteiger partial charge is 0.378 e. The van der Waals surface area contributed by atoms with Crippen LogP contribution in [0.4, 0.5) is 11.5 Å². The first-order valence-corrected chi connectivity index (χ1v) is 8.09. The van der Waals surface area contributed by atoms with Crippen LogP contribution in [-0.4, -0.2) is 56.9 Å². The van der Waals surface area contributed by atoms with Gasteiger partial charge in [0.05, 0.1) is 24.8 Å². The van der Waals surface area contributed by atoms with Gasteiger partial charge in [0.1, 0.15) is 12.1 Å². The van der Waals surface area contributed by atoms with E-state index in [0.717, 1.165) is 16.7 Å². The molecule has 1 saturated heterocycles. The number of carbonyl (C=O) groups is 1. The molecule has 3 heterocycles. The Morgan fingerprint density at radius 1 is 1.24 bits per heavy atom. The first-order chi connectivity index (χ1) is 12.2. The number of hydrogen-bond acceptors (Lipinski definition) is 6. The molecule has 1 aliphatic rings. The standard InChI is InChI=1S/C17H18N6O2/c1-22-16-14(10-20-22)15(18-11-19-16)21-13-4-2-3-12(9-13)17(24)23-5-7-25-8-6-23/h2-4,9-11H,5-8H2,1H3,(H,18,19,21). The van der Waals surface area contributed by atoms with E-state index >= 15 is 0 Å². The molecule has 0 unspecified atom stereocenters. The van der Waals surface area contributed by atoms with Crippen molar-refractivity contribution in [3.63, 3.8) is 0 Å². The number of anilines is 2. The van der Waals surface area contributed by atoms with Crippen molar-refractivity contribution in [2.45, 2.75) is 0 Å². The third-order valence-corrected chi connectivity index (χ3v) is 4.20. The zero-order chi connectivity index (χ0) is 17.2. The minimum Gasteiger partial charge on any atom is -0.378 e. The summed E-state index contributed by atoms with van der Waals surface area (Å²) in [4.78, 5) is 23.0. The summed E-state index contributed by atoms with van der Waals surface area (Å²) < 4.78 is 7.00. The maximum atomic E-state index is 12.6. The highest BCUT2D eigenvalue weighted by Gasteiger charge is 2.18. The predicted molar refractivity (Wildman–Crippen MR) is 92.8 cm³/mol. The molecule has 0 spiro atoms. The molecule has 25 heavy (non-hydrogen) atoms. The highest BCUT2D eigenvalue weighted by atomic mass is 16.5. The van der Waals surface area contributed by atoms with Gasteiger partial charge >= 0.3 is 0 Å². The maximum absolute atomic E-state index is 12.6. The second-order valence-electron chi connectivity index (χ2n) is 5.84. The van der Waals surface area contributed by atoms with Gasteiger partial charge in [0.2, 0.25) is 0 Å². The lowest BCUT2D eigenvalue weighted by Crippen LogP contribution is -2.40. The molecule has 8 nitrogen and oxygen atoms in total. The monoisotopic (exact) mass is 338 g/mol. The predicted octanol–water partition coefficient (Wildman–Crippen LogP) is 1.58. The van der Waals surface area contributed by atoms with E-state index in [4.69, 9.17) is 4.74 Å². The number of aryl methyl sites for hydroxylation is 1. The lowest BCUT2D eigenvalue weighted by molar-refractivity contribution is 0.0303. The minimum absolute atomic E-state index is 0.0150. The summed E-state index contributed by atoms with van der Waals surface area (Å²) >= 11 is 0. The van der Waals surface area contributed by atoms with Crippen LogP contribution in [0.25, 0.3) is 11.0 Å². The van der Waals surface area contributed by atoms with E-state index in [1.807, 2.05) is 36.2 Å². The summed E-state index contributed by atoms with van der Waals surface area (Å²) in [6, 6.07) is 7.42. The van der Waals surface area contributed by atoms with E-state index < -0.39 is 0 Å². The summed E-state index contributed by atoms with van der Waals surface area (Å²) in [5, 5.41) is 8.29. The van der Waals surface area contributed by atoms with E-state index in [1.54, 1.807) is 10.9 Å². The van der Waals surface area contributed by atoms with Gasteiger partial charge in [-0.2, -0.15) is 5.10 Å². The van der Waals surface area contributed by atoms with Crippen LogP contribution in [0, 0.1) is 0 Å². The van der Waals surface area contributed by atoms with Crippen LogP contribution in [0.1, 0.15) is 10.4 Å². The zero-order valence-corrected chi connectivity index (χ0v) is 13.8. The Hall–Kier alpha value is -3.00. The van der Waals surface area contributed by atoms with Gasteiger partial charge in [-0.15, -0.1) is 0 Å². The molecule has 1 N–H and O–H groups in total. The molecule has 1 aliphatic heterocycles. The number of amides is 1. The Labute approximate surface area is 144 Å². The molecule has 1 aromatic carbocycles. The Morgan fingerprint density at radius 2 is 2.08 bits per heavy atom. The molecule has 0 aliphatic carbocycles. The smallest absolute Gasteiger partial charge is 0.254 e. The average Bonchev–Trinajstić information content (AvgIpc) is 3.04. The fraction of sp³-hybridized carbons (Fsp3) is 0.294. The molecular weight excluding hydrogens is 320 g/mol. The highest BCUT2D eigenvalue weighted by Crippen LogP contribution is 2.23. The molecule has 128 valence electrons. The number of carbonyl (C=O) groups excluding carboxylic acids is 1. The van der Waals surface area contributed by atoms with Crippen molar-refractivity contribution < 1.29 is 9.53 Å². The lowest BCUT2D eigenvalue weighted by Gasteiger charge is -2.27. The first-order valence-electron chi connectivity index (χ1n) is 8.09. The number of nitrogens with one attached hydrogen (secondary N) is 1. The molecule has 0 radical (unpaired) electrons. The number of nitrogens with zero attached hydrogens (tertiary/aromatic N) is 5. The van der Waals surface area contributed by atoms with Crippen molar-refractivity contribution >= 4 is 28.4 Å². The van der Waals surface area contributed by atoms with Crippen LogP contribution in [-0.2, 0) is 11.8 Å². The summed E-state index contributed by atoms with van der Waals surface area (Å²) in [6.45, 7) is 2.42. The highest BCUT2D eigenvalue weighted by molar-refractivity contribution is 5.96.